The molecular weight excluding hydrogens is 457 g/mol. The lowest BCUT2D eigenvalue weighted by molar-refractivity contribution is 0.0696. The van der Waals surface area contributed by atoms with Crippen LogP contribution in [0.2, 0.25) is 0 Å². The van der Waals surface area contributed by atoms with Crippen molar-refractivity contribution in [1.29, 1.82) is 0 Å². The van der Waals surface area contributed by atoms with Crippen LogP contribution in [0.25, 0.3) is 5.65 Å². The Morgan fingerprint density at radius 3 is 2.34 bits per heavy atom. The number of aromatic nitrogens is 3. The number of amides is 2. The third-order valence-electron chi connectivity index (χ3n) is 5.30. The summed E-state index contributed by atoms with van der Waals surface area (Å²) in [5, 5.41) is 14.3. The highest BCUT2D eigenvalue weighted by molar-refractivity contribution is 5.98. The lowest BCUT2D eigenvalue weighted by atomic mass is 10.1. The van der Waals surface area contributed by atoms with E-state index in [1.165, 1.54) is 30.5 Å². The molecule has 0 saturated heterocycles. The molecule has 178 valence electrons. The zero-order valence-corrected chi connectivity index (χ0v) is 18.5. The second kappa shape index (κ2) is 9.59. The van der Waals surface area contributed by atoms with E-state index in [2.05, 4.69) is 20.6 Å². The summed E-state index contributed by atoms with van der Waals surface area (Å²) in [7, 11) is 0. The maximum Gasteiger partial charge on any atom is 0.335 e. The lowest BCUT2D eigenvalue weighted by Gasteiger charge is -2.10. The molecule has 2 amide bonds. The van der Waals surface area contributed by atoms with Gasteiger partial charge in [-0.1, -0.05) is 24.3 Å². The number of imidazole rings is 1. The number of hydrogen-bond acceptors (Lipinski definition) is 5. The molecule has 0 bridgehead atoms. The lowest BCUT2D eigenvalue weighted by Crippen LogP contribution is -2.30. The fraction of sp³-hybridized carbons (Fsp3) is 0.125. The van der Waals surface area contributed by atoms with Gasteiger partial charge >= 0.3 is 11.7 Å². The monoisotopic (exact) mass is 477 g/mol. The molecule has 10 nitrogen and oxygen atoms in total. The smallest absolute Gasteiger partial charge is 0.335 e. The molecule has 0 atom stereocenters. The minimum Gasteiger partial charge on any atom is -0.478 e. The molecule has 4 N–H and O–H groups in total. The first-order valence-corrected chi connectivity index (χ1v) is 10.5. The first kappa shape index (κ1) is 23.4. The highest BCUT2D eigenvalue weighted by atomic mass is 19.1. The molecule has 4 aromatic rings. The van der Waals surface area contributed by atoms with Crippen molar-refractivity contribution in [3.05, 3.63) is 105 Å². The van der Waals surface area contributed by atoms with E-state index in [4.69, 9.17) is 5.11 Å². The van der Waals surface area contributed by atoms with E-state index in [-0.39, 0.29) is 41.5 Å². The summed E-state index contributed by atoms with van der Waals surface area (Å²) in [6.07, 6.45) is 1.28. The van der Waals surface area contributed by atoms with Gasteiger partial charge in [0.2, 0.25) is 0 Å². The average molecular weight is 477 g/mol. The fourth-order valence-corrected chi connectivity index (χ4v) is 3.44. The van der Waals surface area contributed by atoms with Gasteiger partial charge in [-0.3, -0.25) is 9.59 Å². The van der Waals surface area contributed by atoms with E-state index >= 15 is 0 Å². The van der Waals surface area contributed by atoms with Crippen LogP contribution in [0.1, 0.15) is 48.0 Å². The molecule has 0 unspecified atom stereocenters. The maximum atomic E-state index is 13.5. The molecule has 0 aliphatic rings. The Bertz CT molecular complexity index is 1510. The fourth-order valence-electron chi connectivity index (χ4n) is 3.44. The summed E-state index contributed by atoms with van der Waals surface area (Å²) in [6.45, 7) is 1.79. The van der Waals surface area contributed by atoms with Crippen LogP contribution < -0.4 is 16.3 Å². The van der Waals surface area contributed by atoms with Crippen molar-refractivity contribution in [2.45, 2.75) is 20.0 Å². The van der Waals surface area contributed by atoms with Gasteiger partial charge in [0, 0.05) is 19.3 Å². The number of hydrogen-bond donors (Lipinski definition) is 4. The zero-order chi connectivity index (χ0) is 25.1. The maximum absolute atomic E-state index is 13.5. The van der Waals surface area contributed by atoms with Gasteiger partial charge in [0.15, 0.2) is 5.65 Å². The van der Waals surface area contributed by atoms with E-state index in [9.17, 15) is 23.6 Å². The number of aryl methyl sites for hydroxylation is 1. The van der Waals surface area contributed by atoms with Crippen LogP contribution in [-0.2, 0) is 13.1 Å². The predicted molar refractivity (Wildman–Crippen MR) is 123 cm³/mol. The Hall–Kier alpha value is -4.80. The second-order valence-corrected chi connectivity index (χ2v) is 7.77. The van der Waals surface area contributed by atoms with E-state index in [1.54, 1.807) is 31.2 Å². The number of aromatic amines is 1. The number of carbonyl (C=O) groups is 3. The van der Waals surface area contributed by atoms with Crippen LogP contribution in [0.5, 0.6) is 0 Å². The highest BCUT2D eigenvalue weighted by Crippen LogP contribution is 2.11. The van der Waals surface area contributed by atoms with Gasteiger partial charge in [0.1, 0.15) is 17.2 Å². The normalized spacial score (nSPS) is 10.8. The Kier molecular flexibility index (Phi) is 6.40. The quantitative estimate of drug-likeness (QED) is 0.320. The number of aromatic carboxylic acids is 1. The second-order valence-electron chi connectivity index (χ2n) is 7.77. The number of nitrogens with one attached hydrogen (secondary N) is 3. The Balaban J connectivity index is 1.54. The van der Waals surface area contributed by atoms with Gasteiger partial charge in [-0.25, -0.2) is 23.4 Å². The van der Waals surface area contributed by atoms with Gasteiger partial charge < -0.3 is 20.7 Å². The molecule has 0 spiro atoms. The number of halogens is 1. The summed E-state index contributed by atoms with van der Waals surface area (Å²) in [6, 6.07) is 11.6. The van der Waals surface area contributed by atoms with Crippen molar-refractivity contribution in [2.75, 3.05) is 0 Å². The number of carboxylic acids is 1. The summed E-state index contributed by atoms with van der Waals surface area (Å²) in [4.78, 5) is 55.4. The van der Waals surface area contributed by atoms with Crippen molar-refractivity contribution in [3.8, 4) is 0 Å². The Morgan fingerprint density at radius 2 is 1.66 bits per heavy atom. The van der Waals surface area contributed by atoms with Crippen LogP contribution in [0.15, 0.2) is 59.5 Å². The van der Waals surface area contributed by atoms with E-state index in [0.29, 0.717) is 16.7 Å². The van der Waals surface area contributed by atoms with Gasteiger partial charge in [-0.05, 0) is 47.9 Å². The van der Waals surface area contributed by atoms with Crippen LogP contribution in [-0.4, -0.2) is 37.3 Å². The molecule has 0 fully saturated rings. The van der Waals surface area contributed by atoms with Crippen LogP contribution in [0.4, 0.5) is 4.39 Å². The van der Waals surface area contributed by atoms with Crippen LogP contribution in [0.3, 0.4) is 0 Å². The molecule has 0 aliphatic heterocycles. The first-order chi connectivity index (χ1) is 16.7. The average Bonchev–Trinajstić information content (AvgIpc) is 3.23. The molecular formula is C24H20FN5O5. The van der Waals surface area contributed by atoms with Crippen molar-refractivity contribution < 1.29 is 23.9 Å². The van der Waals surface area contributed by atoms with Crippen molar-refractivity contribution in [3.63, 3.8) is 0 Å². The third-order valence-corrected chi connectivity index (χ3v) is 5.30. The number of H-pyrrole nitrogens is 1. The molecule has 0 aliphatic carbocycles. The number of fused-ring (bicyclic) bond motifs is 1. The highest BCUT2D eigenvalue weighted by Gasteiger charge is 2.19. The number of nitrogens with zero attached hydrogens (tertiary/aromatic N) is 2. The van der Waals surface area contributed by atoms with E-state index in [0.717, 1.165) is 4.40 Å². The predicted octanol–water partition coefficient (Wildman–Crippen LogP) is 2.03. The largest absolute Gasteiger partial charge is 0.478 e. The van der Waals surface area contributed by atoms with Crippen molar-refractivity contribution in [1.82, 2.24) is 25.0 Å². The topological polar surface area (TPSA) is 146 Å². The minimum atomic E-state index is -1.06. The summed E-state index contributed by atoms with van der Waals surface area (Å²) in [5.74, 6) is -2.63. The van der Waals surface area contributed by atoms with Gasteiger partial charge in [0.25, 0.3) is 11.8 Å². The van der Waals surface area contributed by atoms with Crippen molar-refractivity contribution in [2.24, 2.45) is 0 Å². The summed E-state index contributed by atoms with van der Waals surface area (Å²) < 4.78 is 14.5. The molecule has 2 heterocycles. The number of carboxylic acid groups (broad SMARTS) is 1. The Morgan fingerprint density at radius 1 is 1.00 bits per heavy atom. The van der Waals surface area contributed by atoms with Gasteiger partial charge in [0.05, 0.1) is 5.56 Å². The SMILES string of the molecule is Cc1cc(CNC(=O)c2cc(C(=O)NCc3ccc(C(=O)O)cc3)n3c(=O)[nH]cc3n2)ccc1F. The first-order valence-electron chi connectivity index (χ1n) is 10.5. The van der Waals surface area contributed by atoms with E-state index in [1.807, 2.05) is 0 Å². The van der Waals surface area contributed by atoms with Gasteiger partial charge in [-0.15, -0.1) is 0 Å². The van der Waals surface area contributed by atoms with Gasteiger partial charge in [-0.2, -0.15) is 0 Å². The molecule has 2 aromatic heterocycles. The molecule has 35 heavy (non-hydrogen) atoms. The minimum absolute atomic E-state index is 0.0627. The van der Waals surface area contributed by atoms with Crippen molar-refractivity contribution >= 4 is 23.4 Å². The number of benzene rings is 2. The number of rotatable bonds is 7. The standard InChI is InChI=1S/C24H20FN5O5/c1-13-8-15(4-7-17(13)25)11-26-21(31)18-9-19(30-20(29-18)12-28-24(30)35)22(32)27-10-14-2-5-16(6-3-14)23(33)34/h2-9,12H,10-11H2,1H3,(H,26,31)(H,27,32)(H,28,35)(H,33,34). The summed E-state index contributed by atoms with van der Waals surface area (Å²) >= 11 is 0. The third kappa shape index (κ3) is 5.08. The Labute approximate surface area is 197 Å². The molecule has 0 saturated carbocycles. The van der Waals surface area contributed by atoms with Crippen LogP contribution >= 0.6 is 0 Å². The molecule has 4 rings (SSSR count). The van der Waals surface area contributed by atoms with E-state index < -0.39 is 23.5 Å². The summed E-state index contributed by atoms with van der Waals surface area (Å²) in [5.41, 5.74) is 1.17. The zero-order valence-electron chi connectivity index (χ0n) is 18.5. The molecule has 0 radical (unpaired) electrons. The molecule has 2 aromatic carbocycles. The number of carbonyl (C=O) groups excluding carboxylic acids is 2. The molecule has 11 heteroatoms. The van der Waals surface area contributed by atoms with Crippen LogP contribution in [0, 0.1) is 12.7 Å².